The van der Waals surface area contributed by atoms with Gasteiger partial charge in [0.1, 0.15) is 0 Å². The topological polar surface area (TPSA) is 38.0 Å². The van der Waals surface area contributed by atoms with Gasteiger partial charge in [-0.2, -0.15) is 18.3 Å². The van der Waals surface area contributed by atoms with E-state index in [4.69, 9.17) is 5.11 Å². The number of aliphatic hydroxyl groups is 1. The number of benzene rings is 1. The van der Waals surface area contributed by atoms with Crippen LogP contribution in [0.25, 0.3) is 21.0 Å². The molecule has 0 unspecified atom stereocenters. The van der Waals surface area contributed by atoms with Gasteiger partial charge in [-0.05, 0) is 42.2 Å². The van der Waals surface area contributed by atoms with Crippen LogP contribution in [0.4, 0.5) is 13.2 Å². The van der Waals surface area contributed by atoms with Gasteiger partial charge in [0.15, 0.2) is 5.69 Å². The molecular weight excluding hydrogens is 369 g/mol. The van der Waals surface area contributed by atoms with Crippen molar-refractivity contribution in [3.8, 4) is 21.0 Å². The third-order valence-electron chi connectivity index (χ3n) is 3.59. The fraction of sp³-hybridized carbons (Fsp3) is 0.235. The molecule has 0 saturated carbocycles. The number of halogens is 3. The standard InChI is InChI=1S/C17H15F3N2OS2/c1-24-12-4-2-3-11(9-12)14-5-6-15(25-14)13-10-16(17(18,19)20)21-22(13)7-8-23/h2-6,9-10,23H,7-8H2,1H3. The van der Waals surface area contributed by atoms with Crippen molar-refractivity contribution in [3.05, 3.63) is 48.2 Å². The fourth-order valence-electron chi connectivity index (χ4n) is 2.43. The maximum atomic E-state index is 13.0. The monoisotopic (exact) mass is 384 g/mol. The molecule has 0 fully saturated rings. The molecule has 3 nitrogen and oxygen atoms in total. The Morgan fingerprint density at radius 3 is 2.60 bits per heavy atom. The molecule has 1 aromatic carbocycles. The van der Waals surface area contributed by atoms with E-state index >= 15 is 0 Å². The highest BCUT2D eigenvalue weighted by molar-refractivity contribution is 7.98. The summed E-state index contributed by atoms with van der Waals surface area (Å²) in [5.41, 5.74) is 0.432. The molecule has 1 N–H and O–H groups in total. The zero-order valence-corrected chi connectivity index (χ0v) is 14.9. The third kappa shape index (κ3) is 3.91. The number of rotatable bonds is 5. The number of aromatic nitrogens is 2. The van der Waals surface area contributed by atoms with Crippen molar-refractivity contribution < 1.29 is 18.3 Å². The maximum absolute atomic E-state index is 13.0. The summed E-state index contributed by atoms with van der Waals surface area (Å²) in [5.74, 6) is 0. The summed E-state index contributed by atoms with van der Waals surface area (Å²) in [6, 6.07) is 12.7. The molecule has 132 valence electrons. The molecule has 0 atom stereocenters. The largest absolute Gasteiger partial charge is 0.435 e. The van der Waals surface area contributed by atoms with Crippen LogP contribution < -0.4 is 0 Å². The van der Waals surface area contributed by atoms with E-state index < -0.39 is 11.9 Å². The van der Waals surface area contributed by atoms with Crippen LogP contribution in [0.3, 0.4) is 0 Å². The number of thiophene rings is 1. The van der Waals surface area contributed by atoms with Crippen LogP contribution in [-0.2, 0) is 12.7 Å². The average molecular weight is 384 g/mol. The second kappa shape index (κ2) is 7.23. The maximum Gasteiger partial charge on any atom is 0.435 e. The van der Waals surface area contributed by atoms with Crippen molar-refractivity contribution in [1.29, 1.82) is 0 Å². The summed E-state index contributed by atoms with van der Waals surface area (Å²) in [6.45, 7) is -0.263. The minimum absolute atomic E-state index is 0.0145. The van der Waals surface area contributed by atoms with Crippen molar-refractivity contribution in [2.75, 3.05) is 12.9 Å². The van der Waals surface area contributed by atoms with Crippen molar-refractivity contribution in [2.45, 2.75) is 17.6 Å². The lowest BCUT2D eigenvalue weighted by molar-refractivity contribution is -0.141. The van der Waals surface area contributed by atoms with E-state index in [1.54, 1.807) is 17.8 Å². The van der Waals surface area contributed by atoms with Crippen LogP contribution in [0.5, 0.6) is 0 Å². The first-order valence-corrected chi connectivity index (χ1v) is 9.47. The van der Waals surface area contributed by atoms with Crippen molar-refractivity contribution in [2.24, 2.45) is 0 Å². The summed E-state index contributed by atoms with van der Waals surface area (Å²) in [7, 11) is 0. The molecule has 3 rings (SSSR count). The van der Waals surface area contributed by atoms with Crippen molar-refractivity contribution in [1.82, 2.24) is 9.78 Å². The molecular formula is C17H15F3N2OS2. The van der Waals surface area contributed by atoms with Crippen LogP contribution in [0, 0.1) is 0 Å². The van der Waals surface area contributed by atoms with Gasteiger partial charge in [0.05, 0.1) is 23.7 Å². The predicted molar refractivity (Wildman–Crippen MR) is 94.8 cm³/mol. The van der Waals surface area contributed by atoms with Gasteiger partial charge in [-0.15, -0.1) is 23.1 Å². The SMILES string of the molecule is CSc1cccc(-c2ccc(-c3cc(C(F)(F)F)nn3CCO)s2)c1. The summed E-state index contributed by atoms with van der Waals surface area (Å²) in [5, 5.41) is 12.7. The predicted octanol–water partition coefficient (Wildman–Crippen LogP) is 5.01. The molecule has 0 aliphatic heterocycles. The molecule has 0 radical (unpaired) electrons. The number of thioether (sulfide) groups is 1. The van der Waals surface area contributed by atoms with E-state index in [9.17, 15) is 13.2 Å². The second-order valence-corrected chi connectivity index (χ2v) is 7.22. The Morgan fingerprint density at radius 2 is 1.92 bits per heavy atom. The van der Waals surface area contributed by atoms with E-state index in [0.717, 1.165) is 21.4 Å². The Kier molecular flexibility index (Phi) is 5.21. The van der Waals surface area contributed by atoms with Gasteiger partial charge in [0, 0.05) is 9.77 Å². The lowest BCUT2D eigenvalue weighted by atomic mass is 10.2. The minimum atomic E-state index is -4.51. The quantitative estimate of drug-likeness (QED) is 0.628. The Bertz CT molecular complexity index is 871. The molecule has 0 spiro atoms. The molecule has 0 aliphatic carbocycles. The van der Waals surface area contributed by atoms with Crippen LogP contribution in [-0.4, -0.2) is 27.7 Å². The minimum Gasteiger partial charge on any atom is -0.394 e. The lowest BCUT2D eigenvalue weighted by Gasteiger charge is -2.03. The van der Waals surface area contributed by atoms with E-state index in [-0.39, 0.29) is 13.2 Å². The molecule has 0 aliphatic rings. The highest BCUT2D eigenvalue weighted by Gasteiger charge is 2.35. The third-order valence-corrected chi connectivity index (χ3v) is 5.48. The van der Waals surface area contributed by atoms with Gasteiger partial charge in [0.25, 0.3) is 0 Å². The Labute approximate surface area is 151 Å². The van der Waals surface area contributed by atoms with E-state index in [2.05, 4.69) is 5.10 Å². The first kappa shape index (κ1) is 18.0. The number of aliphatic hydroxyl groups excluding tert-OH is 1. The van der Waals surface area contributed by atoms with Gasteiger partial charge >= 0.3 is 6.18 Å². The van der Waals surface area contributed by atoms with Crippen molar-refractivity contribution in [3.63, 3.8) is 0 Å². The molecule has 0 bridgehead atoms. The second-order valence-electron chi connectivity index (χ2n) is 5.26. The first-order chi connectivity index (χ1) is 11.9. The molecule has 0 amide bonds. The van der Waals surface area contributed by atoms with Crippen LogP contribution in [0.1, 0.15) is 5.69 Å². The van der Waals surface area contributed by atoms with E-state index in [1.807, 2.05) is 36.6 Å². The van der Waals surface area contributed by atoms with Crippen molar-refractivity contribution >= 4 is 23.1 Å². The number of alkyl halides is 3. The Morgan fingerprint density at radius 1 is 1.16 bits per heavy atom. The molecule has 3 aromatic rings. The van der Waals surface area contributed by atoms with Gasteiger partial charge in [0.2, 0.25) is 0 Å². The van der Waals surface area contributed by atoms with Gasteiger partial charge in [-0.25, -0.2) is 0 Å². The summed E-state index contributed by atoms with van der Waals surface area (Å²) >= 11 is 3.04. The van der Waals surface area contributed by atoms with Crippen LogP contribution >= 0.6 is 23.1 Å². The normalized spacial score (nSPS) is 11.9. The Hall–Kier alpha value is -1.77. The molecule has 2 aromatic heterocycles. The number of hydrogen-bond donors (Lipinski definition) is 1. The van der Waals surface area contributed by atoms with Crippen LogP contribution in [0.15, 0.2) is 47.4 Å². The zero-order chi connectivity index (χ0) is 18.0. The van der Waals surface area contributed by atoms with E-state index in [1.165, 1.54) is 16.0 Å². The highest BCUT2D eigenvalue weighted by atomic mass is 32.2. The Balaban J connectivity index is 2.00. The summed E-state index contributed by atoms with van der Waals surface area (Å²) < 4.78 is 40.1. The molecule has 2 heterocycles. The first-order valence-electron chi connectivity index (χ1n) is 7.43. The number of hydrogen-bond acceptors (Lipinski definition) is 4. The zero-order valence-electron chi connectivity index (χ0n) is 13.2. The number of nitrogens with zero attached hydrogens (tertiary/aromatic N) is 2. The van der Waals surface area contributed by atoms with Gasteiger partial charge in [-0.1, -0.05) is 12.1 Å². The average Bonchev–Trinajstić information content (AvgIpc) is 3.21. The van der Waals surface area contributed by atoms with E-state index in [0.29, 0.717) is 10.6 Å². The summed E-state index contributed by atoms with van der Waals surface area (Å²) in [4.78, 5) is 2.77. The smallest absolute Gasteiger partial charge is 0.394 e. The molecule has 0 saturated heterocycles. The molecule has 25 heavy (non-hydrogen) atoms. The highest BCUT2D eigenvalue weighted by Crippen LogP contribution is 2.38. The lowest BCUT2D eigenvalue weighted by Crippen LogP contribution is -2.09. The van der Waals surface area contributed by atoms with Crippen LogP contribution in [0.2, 0.25) is 0 Å². The van der Waals surface area contributed by atoms with Gasteiger partial charge in [-0.3, -0.25) is 4.68 Å². The molecule has 8 heteroatoms. The fourth-order valence-corrected chi connectivity index (χ4v) is 3.91. The summed E-state index contributed by atoms with van der Waals surface area (Å²) in [6.07, 6.45) is -2.52. The van der Waals surface area contributed by atoms with Gasteiger partial charge < -0.3 is 5.11 Å².